The maximum absolute atomic E-state index is 13.0. The van der Waals surface area contributed by atoms with Crippen LogP contribution in [0.5, 0.6) is 0 Å². The predicted octanol–water partition coefficient (Wildman–Crippen LogP) is 7.45. The second-order valence-electron chi connectivity index (χ2n) is 14.8. The summed E-state index contributed by atoms with van der Waals surface area (Å²) in [7, 11) is -2.10. The number of carbonyl (C=O) groups is 1. The standard InChI is InChI=1S/C33H49N5O4Si/c1-21-18-38(19-26(37-31(39)41-32(2,3)4)30(21)42-43(8,9)33(5,6)7)27-14-15-34-17-25(27)35-16-23-12-13-28-29(36-23)24(20-40-28)22-10-11-22/h12-15,17,20-22,26,30,35H,10-11,16,18-19H2,1-9H3,(H,37,39)/t21-,26+,30+/m0/s1. The zero-order chi connectivity index (χ0) is 31.2. The molecule has 2 aliphatic rings. The molecule has 0 aromatic carbocycles. The number of rotatable bonds is 8. The lowest BCUT2D eigenvalue weighted by Crippen LogP contribution is -2.62. The van der Waals surface area contributed by atoms with Crippen molar-refractivity contribution in [3.63, 3.8) is 0 Å². The second-order valence-corrected chi connectivity index (χ2v) is 19.6. The molecule has 0 bridgehead atoms. The molecule has 1 aliphatic heterocycles. The fraction of sp³-hybridized carbons (Fsp3) is 0.606. The van der Waals surface area contributed by atoms with Crippen LogP contribution in [0.25, 0.3) is 11.1 Å². The number of anilines is 2. The van der Waals surface area contributed by atoms with Gasteiger partial charge >= 0.3 is 6.09 Å². The van der Waals surface area contributed by atoms with Gasteiger partial charge in [-0.05, 0) is 75.9 Å². The highest BCUT2D eigenvalue weighted by Gasteiger charge is 2.45. The van der Waals surface area contributed by atoms with Crippen molar-refractivity contribution >= 4 is 36.9 Å². The van der Waals surface area contributed by atoms with Gasteiger partial charge in [0.25, 0.3) is 0 Å². The number of nitrogens with one attached hydrogen (secondary N) is 2. The summed E-state index contributed by atoms with van der Waals surface area (Å²) in [5.74, 6) is 0.740. The summed E-state index contributed by atoms with van der Waals surface area (Å²) < 4.78 is 18.4. The molecule has 1 amide bonds. The molecule has 4 heterocycles. The van der Waals surface area contributed by atoms with E-state index in [1.165, 1.54) is 18.4 Å². The minimum absolute atomic E-state index is 0.0510. The number of piperidine rings is 1. The number of ether oxygens (including phenoxy) is 1. The van der Waals surface area contributed by atoms with Crippen molar-refractivity contribution in [2.45, 2.75) is 110 Å². The molecule has 43 heavy (non-hydrogen) atoms. The molecule has 3 aromatic heterocycles. The Labute approximate surface area is 257 Å². The van der Waals surface area contributed by atoms with Crippen LogP contribution in [0, 0.1) is 5.92 Å². The smallest absolute Gasteiger partial charge is 0.408 e. The Hall–Kier alpha value is -3.11. The van der Waals surface area contributed by atoms with Gasteiger partial charge in [-0.1, -0.05) is 27.7 Å². The molecule has 1 saturated heterocycles. The molecule has 5 rings (SSSR count). The Morgan fingerprint density at radius 3 is 2.53 bits per heavy atom. The largest absolute Gasteiger partial charge is 0.462 e. The van der Waals surface area contributed by atoms with Gasteiger partial charge in [0.2, 0.25) is 0 Å². The number of nitrogens with zero attached hydrogens (tertiary/aromatic N) is 3. The Bertz CT molecular complexity index is 1440. The van der Waals surface area contributed by atoms with Crippen LogP contribution in [0.1, 0.15) is 78.5 Å². The van der Waals surface area contributed by atoms with E-state index in [1.807, 2.05) is 57.6 Å². The molecule has 1 saturated carbocycles. The Morgan fingerprint density at radius 1 is 1.12 bits per heavy atom. The van der Waals surface area contributed by atoms with E-state index >= 15 is 0 Å². The maximum atomic E-state index is 13.0. The lowest BCUT2D eigenvalue weighted by atomic mass is 9.92. The molecular weight excluding hydrogens is 558 g/mol. The number of carbonyl (C=O) groups excluding carboxylic acids is 1. The van der Waals surface area contributed by atoms with Crippen LogP contribution in [0.4, 0.5) is 16.2 Å². The summed E-state index contributed by atoms with van der Waals surface area (Å²) >= 11 is 0. The molecule has 9 nitrogen and oxygen atoms in total. The second kappa shape index (κ2) is 11.8. The first-order chi connectivity index (χ1) is 20.1. The summed E-state index contributed by atoms with van der Waals surface area (Å²) in [5.41, 5.74) is 5.35. The van der Waals surface area contributed by atoms with Crippen molar-refractivity contribution in [3.05, 3.63) is 48.1 Å². The number of hydrogen-bond acceptors (Lipinski definition) is 8. The number of aromatic nitrogens is 2. The van der Waals surface area contributed by atoms with E-state index < -0.39 is 20.0 Å². The fourth-order valence-corrected chi connectivity index (χ4v) is 6.93. The minimum Gasteiger partial charge on any atom is -0.462 e. The SMILES string of the molecule is C[C@H]1CN(c2ccncc2NCc2ccc3occ(C4CC4)c3n2)C[C@@H](NC(=O)OC(C)(C)C)[C@@H]1O[Si](C)(C)C(C)(C)C. The lowest BCUT2D eigenvalue weighted by molar-refractivity contribution is 0.0336. The molecule has 3 atom stereocenters. The van der Waals surface area contributed by atoms with Crippen LogP contribution in [-0.4, -0.2) is 55.2 Å². The van der Waals surface area contributed by atoms with Gasteiger partial charge in [-0.2, -0.15) is 0 Å². The highest BCUT2D eigenvalue weighted by molar-refractivity contribution is 6.74. The third kappa shape index (κ3) is 7.34. The number of alkyl carbamates (subject to hydrolysis) is 1. The summed E-state index contributed by atoms with van der Waals surface area (Å²) in [6.45, 7) is 21.1. The van der Waals surface area contributed by atoms with Crippen LogP contribution >= 0.6 is 0 Å². The summed E-state index contributed by atoms with van der Waals surface area (Å²) in [4.78, 5) is 24.7. The zero-order valence-corrected chi connectivity index (χ0v) is 28.3. The molecule has 0 radical (unpaired) electrons. The van der Waals surface area contributed by atoms with Crippen LogP contribution in [0.3, 0.4) is 0 Å². The van der Waals surface area contributed by atoms with Gasteiger partial charge in [0, 0.05) is 30.8 Å². The van der Waals surface area contributed by atoms with E-state index in [0.29, 0.717) is 19.0 Å². The van der Waals surface area contributed by atoms with Crippen molar-refractivity contribution in [2.75, 3.05) is 23.3 Å². The molecule has 2 N–H and O–H groups in total. The Morgan fingerprint density at radius 2 is 1.86 bits per heavy atom. The molecule has 234 valence electrons. The van der Waals surface area contributed by atoms with E-state index in [0.717, 1.165) is 34.7 Å². The molecule has 2 fully saturated rings. The van der Waals surface area contributed by atoms with Gasteiger partial charge in [0.1, 0.15) is 11.1 Å². The number of fused-ring (bicyclic) bond motifs is 1. The first kappa shape index (κ1) is 31.3. The molecule has 1 aliphatic carbocycles. The zero-order valence-electron chi connectivity index (χ0n) is 27.3. The third-order valence-electron chi connectivity index (χ3n) is 8.94. The monoisotopic (exact) mass is 607 g/mol. The molecular formula is C33H49N5O4Si. The van der Waals surface area contributed by atoms with Gasteiger partial charge in [0.15, 0.2) is 13.9 Å². The van der Waals surface area contributed by atoms with Crippen molar-refractivity contribution < 1.29 is 18.4 Å². The lowest BCUT2D eigenvalue weighted by Gasteiger charge is -2.48. The first-order valence-corrected chi connectivity index (χ1v) is 18.5. The predicted molar refractivity (Wildman–Crippen MR) is 174 cm³/mol. The van der Waals surface area contributed by atoms with Crippen molar-refractivity contribution in [2.24, 2.45) is 5.92 Å². The molecule has 0 spiro atoms. The highest BCUT2D eigenvalue weighted by Crippen LogP contribution is 2.43. The number of amides is 1. The molecule has 3 aromatic rings. The molecule has 0 unspecified atom stereocenters. The van der Waals surface area contributed by atoms with Crippen LogP contribution in [0.2, 0.25) is 18.1 Å². The summed E-state index contributed by atoms with van der Waals surface area (Å²) in [6, 6.07) is 5.81. The minimum atomic E-state index is -2.10. The maximum Gasteiger partial charge on any atom is 0.408 e. The average molecular weight is 608 g/mol. The third-order valence-corrected chi connectivity index (χ3v) is 13.4. The van der Waals surface area contributed by atoms with Gasteiger partial charge in [-0.3, -0.25) is 4.98 Å². The van der Waals surface area contributed by atoms with Gasteiger partial charge < -0.3 is 29.1 Å². The van der Waals surface area contributed by atoms with Crippen molar-refractivity contribution in [3.8, 4) is 0 Å². The van der Waals surface area contributed by atoms with Gasteiger partial charge in [0.05, 0.1) is 48.2 Å². The number of furan rings is 1. The van der Waals surface area contributed by atoms with Gasteiger partial charge in [-0.25, -0.2) is 9.78 Å². The fourth-order valence-electron chi connectivity index (χ4n) is 5.50. The Kier molecular flexibility index (Phi) is 8.57. The average Bonchev–Trinajstić information content (AvgIpc) is 3.66. The topological polar surface area (TPSA) is 102 Å². The van der Waals surface area contributed by atoms with Crippen molar-refractivity contribution in [1.82, 2.24) is 15.3 Å². The van der Waals surface area contributed by atoms with E-state index in [9.17, 15) is 4.79 Å². The number of pyridine rings is 2. The normalized spacial score (nSPS) is 21.6. The van der Waals surface area contributed by atoms with Crippen molar-refractivity contribution in [1.29, 1.82) is 0 Å². The van der Waals surface area contributed by atoms with Crippen LogP contribution < -0.4 is 15.5 Å². The Balaban J connectivity index is 1.36. The highest BCUT2D eigenvalue weighted by atomic mass is 28.4. The van der Waals surface area contributed by atoms with Gasteiger partial charge in [-0.15, -0.1) is 0 Å². The van der Waals surface area contributed by atoms with E-state index in [2.05, 4.69) is 61.3 Å². The first-order valence-electron chi connectivity index (χ1n) is 15.6. The summed E-state index contributed by atoms with van der Waals surface area (Å²) in [6.07, 6.45) is 7.41. The van der Waals surface area contributed by atoms with E-state index in [4.69, 9.17) is 18.6 Å². The van der Waals surface area contributed by atoms with Crippen LogP contribution in [0.15, 0.2) is 41.3 Å². The van der Waals surface area contributed by atoms with Crippen LogP contribution in [-0.2, 0) is 15.7 Å². The summed E-state index contributed by atoms with van der Waals surface area (Å²) in [5, 5.41) is 6.82. The van der Waals surface area contributed by atoms with E-state index in [-0.39, 0.29) is 23.1 Å². The molecule has 10 heteroatoms. The quantitative estimate of drug-likeness (QED) is 0.255. The van der Waals surface area contributed by atoms with E-state index in [1.54, 1.807) is 0 Å². The number of hydrogen-bond donors (Lipinski definition) is 2.